The third kappa shape index (κ3) is 6.16. The first kappa shape index (κ1) is 24.8. The minimum atomic E-state index is -0.199. The molecule has 4 rings (SSSR count). The molecule has 0 spiro atoms. The van der Waals surface area contributed by atoms with Crippen molar-refractivity contribution in [1.82, 2.24) is 20.6 Å². The van der Waals surface area contributed by atoms with E-state index in [0.717, 1.165) is 61.8 Å². The molecule has 0 aliphatic carbocycles. The number of benzene rings is 1. The number of rotatable bonds is 7. The van der Waals surface area contributed by atoms with Gasteiger partial charge >= 0.3 is 0 Å². The maximum absolute atomic E-state index is 11.5. The Hall–Kier alpha value is -2.82. The number of hydrogen-bond acceptors (Lipinski definition) is 4. The van der Waals surface area contributed by atoms with Gasteiger partial charge in [-0.3, -0.25) is 9.79 Å². The molecule has 176 valence electrons. The van der Waals surface area contributed by atoms with Gasteiger partial charge in [0.05, 0.1) is 0 Å². The first-order valence-corrected chi connectivity index (χ1v) is 11.1. The van der Waals surface area contributed by atoms with Crippen molar-refractivity contribution in [3.63, 3.8) is 0 Å². The normalized spacial score (nSPS) is 14.7. The average molecular weight is 561 g/mol. The SMILES string of the molecule is CN=C(NCCc1c[nH]c2ccccc12)NCc1cccnc1N1CCC(C(N)=O)CC1.I. The molecule has 1 aromatic carbocycles. The van der Waals surface area contributed by atoms with Gasteiger partial charge in [-0.25, -0.2) is 4.98 Å². The first-order valence-electron chi connectivity index (χ1n) is 11.1. The number of aliphatic imine (C=N–C) groups is 1. The molecular formula is C24H32IN7O. The molecule has 3 heterocycles. The molecule has 33 heavy (non-hydrogen) atoms. The van der Waals surface area contributed by atoms with Crippen molar-refractivity contribution < 1.29 is 4.79 Å². The van der Waals surface area contributed by atoms with Gasteiger partial charge in [0.25, 0.3) is 0 Å². The molecule has 5 N–H and O–H groups in total. The monoisotopic (exact) mass is 561 g/mol. The molecule has 0 saturated carbocycles. The number of pyridine rings is 1. The summed E-state index contributed by atoms with van der Waals surface area (Å²) in [5.74, 6) is 1.48. The van der Waals surface area contributed by atoms with Crippen molar-refractivity contribution in [2.75, 3.05) is 31.6 Å². The van der Waals surface area contributed by atoms with Crippen molar-refractivity contribution in [3.8, 4) is 0 Å². The van der Waals surface area contributed by atoms with Gasteiger partial charge in [0.2, 0.25) is 5.91 Å². The van der Waals surface area contributed by atoms with E-state index in [-0.39, 0.29) is 35.8 Å². The summed E-state index contributed by atoms with van der Waals surface area (Å²) in [6.07, 6.45) is 6.34. The second-order valence-corrected chi connectivity index (χ2v) is 8.11. The average Bonchev–Trinajstić information content (AvgIpc) is 3.24. The predicted octanol–water partition coefficient (Wildman–Crippen LogP) is 2.79. The number of aromatic nitrogens is 2. The third-order valence-electron chi connectivity index (χ3n) is 6.10. The molecule has 1 aliphatic rings. The van der Waals surface area contributed by atoms with Gasteiger partial charge in [0.1, 0.15) is 5.82 Å². The Morgan fingerprint density at radius 2 is 1.97 bits per heavy atom. The lowest BCUT2D eigenvalue weighted by molar-refractivity contribution is -0.122. The highest BCUT2D eigenvalue weighted by atomic mass is 127. The summed E-state index contributed by atoms with van der Waals surface area (Å²) in [4.78, 5) is 26.0. The van der Waals surface area contributed by atoms with Crippen LogP contribution in [0.1, 0.15) is 24.0 Å². The molecule has 1 fully saturated rings. The number of carbonyl (C=O) groups is 1. The number of fused-ring (bicyclic) bond motifs is 1. The van der Waals surface area contributed by atoms with E-state index in [1.54, 1.807) is 7.05 Å². The van der Waals surface area contributed by atoms with Gasteiger partial charge in [-0.2, -0.15) is 0 Å². The standard InChI is InChI=1S/C24H31N7O.HI/c1-26-24(28-12-8-18-15-29-21-7-3-2-6-20(18)21)30-16-19-5-4-11-27-23(19)31-13-9-17(10-14-31)22(25)32;/h2-7,11,15,17,29H,8-10,12-14,16H2,1H3,(H2,25,32)(H2,26,28,30);1H. The van der Waals surface area contributed by atoms with E-state index in [1.807, 2.05) is 18.3 Å². The number of guanidine groups is 1. The lowest BCUT2D eigenvalue weighted by Crippen LogP contribution is -2.40. The largest absolute Gasteiger partial charge is 0.369 e. The molecule has 8 nitrogen and oxygen atoms in total. The van der Waals surface area contributed by atoms with Gasteiger partial charge in [-0.05, 0) is 37.0 Å². The summed E-state index contributed by atoms with van der Waals surface area (Å²) < 4.78 is 0. The number of carbonyl (C=O) groups excluding carboxylic acids is 1. The molecule has 0 radical (unpaired) electrons. The molecule has 0 unspecified atom stereocenters. The highest BCUT2D eigenvalue weighted by Crippen LogP contribution is 2.24. The number of nitrogens with two attached hydrogens (primary N) is 1. The molecule has 0 bridgehead atoms. The number of anilines is 1. The Morgan fingerprint density at radius 1 is 1.18 bits per heavy atom. The molecule has 2 aromatic heterocycles. The Bertz CT molecular complexity index is 1090. The van der Waals surface area contributed by atoms with E-state index < -0.39 is 0 Å². The van der Waals surface area contributed by atoms with Crippen LogP contribution >= 0.6 is 24.0 Å². The first-order chi connectivity index (χ1) is 15.7. The summed E-state index contributed by atoms with van der Waals surface area (Å²) in [6, 6.07) is 12.4. The van der Waals surface area contributed by atoms with Crippen LogP contribution in [0.3, 0.4) is 0 Å². The fourth-order valence-corrected chi connectivity index (χ4v) is 4.28. The minimum absolute atomic E-state index is 0. The lowest BCUT2D eigenvalue weighted by Gasteiger charge is -2.32. The van der Waals surface area contributed by atoms with Crippen LogP contribution in [0, 0.1) is 5.92 Å². The number of primary amides is 1. The van der Waals surface area contributed by atoms with Crippen molar-refractivity contribution >= 4 is 52.6 Å². The van der Waals surface area contributed by atoms with Crippen molar-refractivity contribution in [1.29, 1.82) is 0 Å². The summed E-state index contributed by atoms with van der Waals surface area (Å²) in [6.45, 7) is 2.97. The van der Waals surface area contributed by atoms with Crippen LogP contribution in [0.4, 0.5) is 5.82 Å². The molecule has 1 amide bonds. The summed E-state index contributed by atoms with van der Waals surface area (Å²) in [5.41, 5.74) is 9.02. The van der Waals surface area contributed by atoms with Gasteiger partial charge in [0.15, 0.2) is 5.96 Å². The Labute approximate surface area is 211 Å². The van der Waals surface area contributed by atoms with E-state index in [9.17, 15) is 4.79 Å². The van der Waals surface area contributed by atoms with Crippen LogP contribution < -0.4 is 21.3 Å². The van der Waals surface area contributed by atoms with E-state index in [0.29, 0.717) is 6.54 Å². The number of nitrogens with zero attached hydrogens (tertiary/aromatic N) is 3. The molecule has 9 heteroatoms. The second-order valence-electron chi connectivity index (χ2n) is 8.11. The van der Waals surface area contributed by atoms with Gasteiger partial charge in [-0.1, -0.05) is 24.3 Å². The number of piperidine rings is 1. The topological polar surface area (TPSA) is 111 Å². The predicted molar refractivity (Wildman–Crippen MR) is 144 cm³/mol. The van der Waals surface area contributed by atoms with Crippen LogP contribution in [0.15, 0.2) is 53.8 Å². The van der Waals surface area contributed by atoms with Gasteiger partial charge < -0.3 is 26.3 Å². The van der Waals surface area contributed by atoms with E-state index in [4.69, 9.17) is 5.73 Å². The van der Waals surface area contributed by atoms with Gasteiger partial charge in [-0.15, -0.1) is 24.0 Å². The molecule has 0 atom stereocenters. The number of halogens is 1. The summed E-state index contributed by atoms with van der Waals surface area (Å²) in [5, 5.41) is 8.06. The zero-order valence-electron chi connectivity index (χ0n) is 18.9. The van der Waals surface area contributed by atoms with E-state index in [2.05, 4.69) is 61.0 Å². The maximum atomic E-state index is 11.5. The van der Waals surface area contributed by atoms with Crippen LogP contribution in [-0.4, -0.2) is 48.5 Å². The van der Waals surface area contributed by atoms with Crippen LogP contribution in [0.2, 0.25) is 0 Å². The van der Waals surface area contributed by atoms with Crippen molar-refractivity contribution in [3.05, 3.63) is 59.9 Å². The quantitative estimate of drug-likeness (QED) is 0.202. The number of aromatic amines is 1. The lowest BCUT2D eigenvalue weighted by atomic mass is 9.96. The fourth-order valence-electron chi connectivity index (χ4n) is 4.28. The molecule has 1 saturated heterocycles. The Balaban J connectivity index is 0.00000306. The van der Waals surface area contributed by atoms with Crippen molar-refractivity contribution in [2.45, 2.75) is 25.8 Å². The van der Waals surface area contributed by atoms with E-state index >= 15 is 0 Å². The van der Waals surface area contributed by atoms with Gasteiger partial charge in [0, 0.05) is 68.0 Å². The van der Waals surface area contributed by atoms with Crippen LogP contribution in [0.5, 0.6) is 0 Å². The molecular weight excluding hydrogens is 529 g/mol. The molecule has 3 aromatic rings. The van der Waals surface area contributed by atoms with Crippen LogP contribution in [-0.2, 0) is 17.8 Å². The number of amides is 1. The third-order valence-corrected chi connectivity index (χ3v) is 6.10. The minimum Gasteiger partial charge on any atom is -0.369 e. The number of para-hydroxylation sites is 1. The zero-order valence-corrected chi connectivity index (χ0v) is 21.2. The number of nitrogens with one attached hydrogen (secondary N) is 3. The summed E-state index contributed by atoms with van der Waals surface area (Å²) in [7, 11) is 1.78. The van der Waals surface area contributed by atoms with Crippen LogP contribution in [0.25, 0.3) is 10.9 Å². The fraction of sp³-hybridized carbons (Fsp3) is 0.375. The molecule has 1 aliphatic heterocycles. The van der Waals surface area contributed by atoms with Crippen molar-refractivity contribution in [2.24, 2.45) is 16.6 Å². The Morgan fingerprint density at radius 3 is 2.73 bits per heavy atom. The summed E-state index contributed by atoms with van der Waals surface area (Å²) >= 11 is 0. The maximum Gasteiger partial charge on any atom is 0.220 e. The number of H-pyrrole nitrogens is 1. The second kappa shape index (κ2) is 11.9. The zero-order chi connectivity index (χ0) is 22.3. The van der Waals surface area contributed by atoms with E-state index in [1.165, 1.54) is 10.9 Å². The highest BCUT2D eigenvalue weighted by molar-refractivity contribution is 14.0. The number of hydrogen-bond donors (Lipinski definition) is 4. The Kier molecular flexibility index (Phi) is 8.93. The highest BCUT2D eigenvalue weighted by Gasteiger charge is 2.24. The smallest absolute Gasteiger partial charge is 0.220 e.